The normalized spacial score (nSPS) is 12.0. The molecule has 0 aliphatic heterocycles. The highest BCUT2D eigenvalue weighted by molar-refractivity contribution is 6.35. The molecule has 0 bridgehead atoms. The van der Waals surface area contributed by atoms with Gasteiger partial charge < -0.3 is 26.2 Å². The molecule has 0 saturated heterocycles. The summed E-state index contributed by atoms with van der Waals surface area (Å²) < 4.78 is 0. The van der Waals surface area contributed by atoms with E-state index in [0.717, 1.165) is 11.1 Å². The minimum atomic E-state index is -1.19. The second-order valence-corrected chi connectivity index (χ2v) is 9.45. The Kier molecular flexibility index (Phi) is 11.1. The molecular weight excluding hydrogens is 541 g/mol. The fourth-order valence-corrected chi connectivity index (χ4v) is 3.94. The van der Waals surface area contributed by atoms with E-state index in [0.29, 0.717) is 27.8 Å². The van der Waals surface area contributed by atoms with Crippen LogP contribution in [0, 0.1) is 11.8 Å². The number of ketones is 1. The third-order valence-corrected chi connectivity index (χ3v) is 6.14. The summed E-state index contributed by atoms with van der Waals surface area (Å²) in [5.41, 5.74) is 3.14. The number of hydrogen-bond donors (Lipinski definition) is 5. The van der Waals surface area contributed by atoms with E-state index in [1.807, 2.05) is 0 Å². The number of aliphatic hydroxyl groups is 2. The first-order valence-electron chi connectivity index (χ1n) is 12.0. The summed E-state index contributed by atoms with van der Waals surface area (Å²) >= 11 is 12.0. The van der Waals surface area contributed by atoms with Crippen molar-refractivity contribution in [1.29, 1.82) is 0 Å². The number of hydrogen-bond acceptors (Lipinski definition) is 6. The largest absolute Gasteiger partial charge is 0.391 e. The molecule has 202 valence electrons. The van der Waals surface area contributed by atoms with Crippen molar-refractivity contribution in [3.8, 4) is 11.8 Å². The number of amides is 2. The van der Waals surface area contributed by atoms with Gasteiger partial charge in [-0.15, -0.1) is 0 Å². The van der Waals surface area contributed by atoms with Gasteiger partial charge in [-0.25, -0.2) is 0 Å². The van der Waals surface area contributed by atoms with Crippen molar-refractivity contribution in [3.05, 3.63) is 99.0 Å². The molecule has 3 rings (SSSR count). The predicted octanol–water partition coefficient (Wildman–Crippen LogP) is 3.16. The van der Waals surface area contributed by atoms with Crippen molar-refractivity contribution in [1.82, 2.24) is 10.6 Å². The standard InChI is InChI=1S/C29H27Cl2N3O5/c1-18(36)28(26(37)17-35)34-29(39)21-8-4-19(5-9-21)2-3-20-6-12-24(13-7-20)33-27(38)16-32-15-22-10-11-23(30)14-25(22)31/h4-14,18,28,32,35-36H,15-17H2,1H3,(H,33,38)(H,34,39)/t18-,28+/m1/s1. The maximum absolute atomic E-state index is 12.4. The smallest absolute Gasteiger partial charge is 0.251 e. The molecule has 0 fully saturated rings. The van der Waals surface area contributed by atoms with Gasteiger partial charge in [0.2, 0.25) is 5.91 Å². The van der Waals surface area contributed by atoms with Crippen molar-refractivity contribution in [2.45, 2.75) is 25.6 Å². The summed E-state index contributed by atoms with van der Waals surface area (Å²) in [4.78, 5) is 36.3. The summed E-state index contributed by atoms with van der Waals surface area (Å²) in [6.07, 6.45) is -1.14. The number of nitrogens with one attached hydrogen (secondary N) is 3. The molecule has 10 heteroatoms. The number of halogens is 2. The van der Waals surface area contributed by atoms with E-state index >= 15 is 0 Å². The van der Waals surface area contributed by atoms with Crippen molar-refractivity contribution in [2.24, 2.45) is 0 Å². The lowest BCUT2D eigenvalue weighted by molar-refractivity contribution is -0.125. The summed E-state index contributed by atoms with van der Waals surface area (Å²) in [5.74, 6) is 4.58. The van der Waals surface area contributed by atoms with Crippen LogP contribution in [0.3, 0.4) is 0 Å². The number of aliphatic hydroxyl groups excluding tert-OH is 2. The van der Waals surface area contributed by atoms with Gasteiger partial charge in [-0.2, -0.15) is 0 Å². The first-order chi connectivity index (χ1) is 18.7. The maximum Gasteiger partial charge on any atom is 0.251 e. The Morgan fingerprint density at radius 2 is 1.54 bits per heavy atom. The Morgan fingerprint density at radius 3 is 2.10 bits per heavy atom. The maximum atomic E-state index is 12.4. The third kappa shape index (κ3) is 9.21. The Balaban J connectivity index is 1.50. The molecule has 0 unspecified atom stereocenters. The summed E-state index contributed by atoms with van der Waals surface area (Å²) in [7, 11) is 0. The number of Topliss-reactive ketones (excluding diaryl/α,β-unsaturated/α-hetero) is 1. The number of carbonyl (C=O) groups excluding carboxylic acids is 3. The van der Waals surface area contributed by atoms with Gasteiger partial charge in [0.1, 0.15) is 12.6 Å². The molecule has 0 spiro atoms. The van der Waals surface area contributed by atoms with Crippen molar-refractivity contribution in [3.63, 3.8) is 0 Å². The lowest BCUT2D eigenvalue weighted by atomic mass is 10.1. The van der Waals surface area contributed by atoms with Crippen LogP contribution in [-0.2, 0) is 16.1 Å². The minimum Gasteiger partial charge on any atom is -0.391 e. The highest BCUT2D eigenvalue weighted by Crippen LogP contribution is 2.20. The highest BCUT2D eigenvalue weighted by Gasteiger charge is 2.25. The van der Waals surface area contributed by atoms with Gasteiger partial charge in [0.25, 0.3) is 5.91 Å². The predicted molar refractivity (Wildman–Crippen MR) is 151 cm³/mol. The molecule has 0 aliphatic rings. The molecule has 0 aliphatic carbocycles. The van der Waals surface area contributed by atoms with Crippen LogP contribution < -0.4 is 16.0 Å². The van der Waals surface area contributed by atoms with Crippen molar-refractivity contribution >= 4 is 46.5 Å². The Morgan fingerprint density at radius 1 is 0.923 bits per heavy atom. The number of anilines is 1. The molecule has 2 amide bonds. The van der Waals surface area contributed by atoms with Crippen LogP contribution in [-0.4, -0.2) is 53.1 Å². The Labute approximate surface area is 236 Å². The Hall–Kier alpha value is -3.71. The van der Waals surface area contributed by atoms with E-state index in [4.69, 9.17) is 28.3 Å². The number of carbonyl (C=O) groups is 3. The quantitative estimate of drug-likeness (QED) is 0.239. The zero-order valence-electron chi connectivity index (χ0n) is 21.0. The number of rotatable bonds is 10. The van der Waals surface area contributed by atoms with E-state index in [-0.39, 0.29) is 18.0 Å². The van der Waals surface area contributed by atoms with Crippen molar-refractivity contribution < 1.29 is 24.6 Å². The van der Waals surface area contributed by atoms with Crippen LogP contribution in [0.15, 0.2) is 66.7 Å². The van der Waals surface area contributed by atoms with E-state index in [2.05, 4.69) is 27.8 Å². The Bertz CT molecular complexity index is 1380. The molecule has 3 aromatic rings. The van der Waals surface area contributed by atoms with Crippen LogP contribution in [0.25, 0.3) is 0 Å². The molecule has 39 heavy (non-hydrogen) atoms. The average Bonchev–Trinajstić information content (AvgIpc) is 2.92. The third-order valence-electron chi connectivity index (χ3n) is 5.55. The van der Waals surface area contributed by atoms with E-state index in [1.54, 1.807) is 66.7 Å². The van der Waals surface area contributed by atoms with Gasteiger partial charge in [0.15, 0.2) is 5.78 Å². The molecule has 3 aromatic carbocycles. The molecule has 2 atom stereocenters. The summed E-state index contributed by atoms with van der Waals surface area (Å²) in [6.45, 7) is 1.10. The highest BCUT2D eigenvalue weighted by atomic mass is 35.5. The lowest BCUT2D eigenvalue weighted by Gasteiger charge is -2.19. The first-order valence-corrected chi connectivity index (χ1v) is 12.7. The molecule has 0 aromatic heterocycles. The second-order valence-electron chi connectivity index (χ2n) is 8.61. The number of benzene rings is 3. The van der Waals surface area contributed by atoms with Gasteiger partial charge in [-0.1, -0.05) is 41.1 Å². The summed E-state index contributed by atoms with van der Waals surface area (Å²) in [5, 5.41) is 28.0. The minimum absolute atomic E-state index is 0.103. The van der Waals surface area contributed by atoms with E-state index < -0.39 is 30.4 Å². The van der Waals surface area contributed by atoms with E-state index in [1.165, 1.54) is 6.92 Å². The average molecular weight is 568 g/mol. The molecule has 0 heterocycles. The summed E-state index contributed by atoms with van der Waals surface area (Å²) in [6, 6.07) is 17.5. The molecule has 0 saturated carbocycles. The fraction of sp³-hybridized carbons (Fsp3) is 0.207. The zero-order valence-corrected chi connectivity index (χ0v) is 22.5. The van der Waals surface area contributed by atoms with Gasteiger partial charge >= 0.3 is 0 Å². The second kappa shape index (κ2) is 14.4. The fourth-order valence-electron chi connectivity index (χ4n) is 3.46. The topological polar surface area (TPSA) is 128 Å². The molecule has 0 radical (unpaired) electrons. The van der Waals surface area contributed by atoms with Gasteiger partial charge in [-0.3, -0.25) is 14.4 Å². The first kappa shape index (κ1) is 29.8. The molecule has 8 nitrogen and oxygen atoms in total. The molecule has 5 N–H and O–H groups in total. The lowest BCUT2D eigenvalue weighted by Crippen LogP contribution is -2.48. The SMILES string of the molecule is C[C@@H](O)[C@H](NC(=O)c1ccc(C#Cc2ccc(NC(=O)CNCc3ccc(Cl)cc3Cl)cc2)cc1)C(=O)CO. The van der Waals surface area contributed by atoms with Crippen molar-refractivity contribution in [2.75, 3.05) is 18.5 Å². The van der Waals surface area contributed by atoms with Gasteiger partial charge in [0, 0.05) is 39.0 Å². The molecular formula is C29H27Cl2N3O5. The monoisotopic (exact) mass is 567 g/mol. The van der Waals surface area contributed by atoms with Crippen LogP contribution in [0.2, 0.25) is 10.0 Å². The van der Waals surface area contributed by atoms with Crippen LogP contribution >= 0.6 is 23.2 Å². The van der Waals surface area contributed by atoms with Crippen LogP contribution in [0.1, 0.15) is 34.0 Å². The van der Waals surface area contributed by atoms with Gasteiger partial charge in [0.05, 0.1) is 12.6 Å². The van der Waals surface area contributed by atoms with Crippen LogP contribution in [0.5, 0.6) is 0 Å². The van der Waals surface area contributed by atoms with Crippen LogP contribution in [0.4, 0.5) is 5.69 Å². The van der Waals surface area contributed by atoms with Gasteiger partial charge in [-0.05, 0) is 73.2 Å². The zero-order chi connectivity index (χ0) is 28.4. The van der Waals surface area contributed by atoms with E-state index in [9.17, 15) is 19.5 Å².